The number of ketones is 1. The van der Waals surface area contributed by atoms with Gasteiger partial charge in [0.25, 0.3) is 0 Å². The third-order valence-corrected chi connectivity index (χ3v) is 4.80. The SMILES string of the molecule is CCCCN(CC(=O)c1cc(Cl)sc1Cl)C(C)CC. The van der Waals surface area contributed by atoms with Crippen LogP contribution in [0.2, 0.25) is 8.67 Å². The van der Waals surface area contributed by atoms with Gasteiger partial charge in [0.05, 0.1) is 16.4 Å². The quantitative estimate of drug-likeness (QED) is 0.618. The summed E-state index contributed by atoms with van der Waals surface area (Å²) in [6.45, 7) is 7.83. The smallest absolute Gasteiger partial charge is 0.179 e. The zero-order chi connectivity index (χ0) is 14.4. The lowest BCUT2D eigenvalue weighted by atomic mass is 10.1. The van der Waals surface area contributed by atoms with Crippen LogP contribution >= 0.6 is 34.5 Å². The Labute approximate surface area is 129 Å². The Balaban J connectivity index is 2.72. The predicted octanol–water partition coefficient (Wildman–Crippen LogP) is 5.14. The van der Waals surface area contributed by atoms with E-state index in [1.54, 1.807) is 6.07 Å². The molecule has 1 unspecified atom stereocenters. The third-order valence-electron chi connectivity index (χ3n) is 3.32. The molecule has 0 saturated heterocycles. The van der Waals surface area contributed by atoms with E-state index in [9.17, 15) is 4.79 Å². The molecule has 5 heteroatoms. The van der Waals surface area contributed by atoms with E-state index in [2.05, 4.69) is 25.7 Å². The fraction of sp³-hybridized carbons (Fsp3) is 0.643. The Morgan fingerprint density at radius 2 is 2.11 bits per heavy atom. The summed E-state index contributed by atoms with van der Waals surface area (Å²) in [4.78, 5) is 14.5. The first-order valence-electron chi connectivity index (χ1n) is 6.71. The summed E-state index contributed by atoms with van der Waals surface area (Å²) in [5.41, 5.74) is 0.557. The zero-order valence-electron chi connectivity index (χ0n) is 11.7. The minimum Gasteiger partial charge on any atom is -0.293 e. The van der Waals surface area contributed by atoms with Crippen LogP contribution in [0.15, 0.2) is 6.07 Å². The number of thiophene rings is 1. The van der Waals surface area contributed by atoms with Gasteiger partial charge in [0.15, 0.2) is 5.78 Å². The van der Waals surface area contributed by atoms with E-state index >= 15 is 0 Å². The van der Waals surface area contributed by atoms with Gasteiger partial charge >= 0.3 is 0 Å². The number of unbranched alkanes of at least 4 members (excludes halogenated alkanes) is 1. The zero-order valence-corrected chi connectivity index (χ0v) is 14.0. The first-order chi connectivity index (χ1) is 8.99. The van der Waals surface area contributed by atoms with E-state index in [0.717, 1.165) is 25.8 Å². The molecule has 1 atom stereocenters. The van der Waals surface area contributed by atoms with Crippen molar-refractivity contribution in [2.24, 2.45) is 0 Å². The first-order valence-corrected chi connectivity index (χ1v) is 8.28. The van der Waals surface area contributed by atoms with Gasteiger partial charge in [-0.15, -0.1) is 11.3 Å². The summed E-state index contributed by atoms with van der Waals surface area (Å²) < 4.78 is 1.06. The molecule has 0 fully saturated rings. The van der Waals surface area contributed by atoms with Gasteiger partial charge < -0.3 is 0 Å². The average Bonchev–Trinajstić information content (AvgIpc) is 2.72. The van der Waals surface area contributed by atoms with Crippen molar-refractivity contribution in [2.75, 3.05) is 13.1 Å². The van der Waals surface area contributed by atoms with Gasteiger partial charge in [-0.2, -0.15) is 0 Å². The summed E-state index contributed by atoms with van der Waals surface area (Å²) in [6.07, 6.45) is 3.27. The van der Waals surface area contributed by atoms with Crippen LogP contribution < -0.4 is 0 Å². The van der Waals surface area contributed by atoms with Crippen LogP contribution in [-0.2, 0) is 0 Å². The van der Waals surface area contributed by atoms with E-state index in [4.69, 9.17) is 23.2 Å². The van der Waals surface area contributed by atoms with E-state index in [1.807, 2.05) is 0 Å². The van der Waals surface area contributed by atoms with Crippen LogP contribution in [-0.4, -0.2) is 29.8 Å². The molecule has 0 aliphatic rings. The summed E-state index contributed by atoms with van der Waals surface area (Å²) >= 11 is 13.2. The van der Waals surface area contributed by atoms with Gasteiger partial charge in [0.1, 0.15) is 4.34 Å². The summed E-state index contributed by atoms with van der Waals surface area (Å²) in [5, 5.41) is 0. The van der Waals surface area contributed by atoms with E-state index in [1.165, 1.54) is 11.3 Å². The molecule has 2 nitrogen and oxygen atoms in total. The van der Waals surface area contributed by atoms with Gasteiger partial charge in [-0.3, -0.25) is 9.69 Å². The molecule has 0 N–H and O–H groups in total. The maximum Gasteiger partial charge on any atom is 0.179 e. The monoisotopic (exact) mass is 321 g/mol. The van der Waals surface area contributed by atoms with Crippen molar-refractivity contribution in [3.05, 3.63) is 20.3 Å². The normalized spacial score (nSPS) is 12.9. The number of carbonyl (C=O) groups excluding carboxylic acids is 1. The summed E-state index contributed by atoms with van der Waals surface area (Å²) in [7, 11) is 0. The van der Waals surface area contributed by atoms with Crippen molar-refractivity contribution in [3.8, 4) is 0 Å². The molecule has 1 heterocycles. The molecule has 0 bridgehead atoms. The number of nitrogens with zero attached hydrogens (tertiary/aromatic N) is 1. The Hall–Kier alpha value is -0.0900. The minimum absolute atomic E-state index is 0.0598. The molecule has 0 aliphatic carbocycles. The van der Waals surface area contributed by atoms with Crippen molar-refractivity contribution in [2.45, 2.75) is 46.1 Å². The Morgan fingerprint density at radius 1 is 1.42 bits per heavy atom. The number of hydrogen-bond acceptors (Lipinski definition) is 3. The Kier molecular flexibility index (Phi) is 7.37. The van der Waals surface area contributed by atoms with Crippen molar-refractivity contribution in [3.63, 3.8) is 0 Å². The second-order valence-corrected chi connectivity index (χ2v) is 7.03. The average molecular weight is 322 g/mol. The predicted molar refractivity (Wildman–Crippen MR) is 84.9 cm³/mol. The Morgan fingerprint density at radius 3 is 2.58 bits per heavy atom. The number of hydrogen-bond donors (Lipinski definition) is 0. The molecule has 108 valence electrons. The molecular weight excluding hydrogens is 301 g/mol. The van der Waals surface area contributed by atoms with Crippen molar-refractivity contribution < 1.29 is 4.79 Å². The van der Waals surface area contributed by atoms with Crippen LogP contribution in [0.5, 0.6) is 0 Å². The highest BCUT2D eigenvalue weighted by atomic mass is 35.5. The molecule has 0 aromatic carbocycles. The minimum atomic E-state index is 0.0598. The lowest BCUT2D eigenvalue weighted by Crippen LogP contribution is -2.37. The number of carbonyl (C=O) groups is 1. The van der Waals surface area contributed by atoms with Crippen LogP contribution in [0.25, 0.3) is 0 Å². The maximum absolute atomic E-state index is 12.3. The Bertz CT molecular complexity index is 420. The van der Waals surface area contributed by atoms with Crippen LogP contribution in [0.1, 0.15) is 50.4 Å². The van der Waals surface area contributed by atoms with Crippen LogP contribution in [0.4, 0.5) is 0 Å². The second kappa shape index (κ2) is 8.25. The molecular formula is C14H21Cl2NOS. The number of rotatable bonds is 8. The lowest BCUT2D eigenvalue weighted by molar-refractivity contribution is 0.0895. The molecule has 0 amide bonds. The molecule has 1 aromatic heterocycles. The largest absolute Gasteiger partial charge is 0.293 e. The third kappa shape index (κ3) is 5.07. The van der Waals surface area contributed by atoms with Crippen molar-refractivity contribution in [1.82, 2.24) is 4.90 Å². The number of Topliss-reactive ketones (excluding diaryl/α,β-unsaturated/α-hetero) is 1. The fourth-order valence-corrected chi connectivity index (χ4v) is 3.37. The van der Waals surface area contributed by atoms with Crippen LogP contribution in [0, 0.1) is 0 Å². The van der Waals surface area contributed by atoms with Gasteiger partial charge in [0.2, 0.25) is 0 Å². The molecule has 0 spiro atoms. The molecule has 1 rings (SSSR count). The summed E-state index contributed by atoms with van der Waals surface area (Å²) in [6, 6.07) is 2.08. The highest BCUT2D eigenvalue weighted by Gasteiger charge is 2.20. The van der Waals surface area contributed by atoms with Gasteiger partial charge in [-0.1, -0.05) is 43.5 Å². The topological polar surface area (TPSA) is 20.3 Å². The van der Waals surface area contributed by atoms with Gasteiger partial charge in [-0.05, 0) is 32.4 Å². The standard InChI is InChI=1S/C14H21Cl2NOS/c1-4-6-7-17(10(3)5-2)9-12(18)11-8-13(15)19-14(11)16/h8,10H,4-7,9H2,1-3H3. The van der Waals surface area contributed by atoms with Gasteiger partial charge in [-0.25, -0.2) is 0 Å². The van der Waals surface area contributed by atoms with Crippen LogP contribution in [0.3, 0.4) is 0 Å². The molecule has 0 saturated carbocycles. The van der Waals surface area contributed by atoms with Crippen molar-refractivity contribution in [1.29, 1.82) is 0 Å². The van der Waals surface area contributed by atoms with E-state index < -0.39 is 0 Å². The molecule has 1 aromatic rings. The van der Waals surface area contributed by atoms with E-state index in [-0.39, 0.29) is 5.78 Å². The first kappa shape index (κ1) is 17.0. The molecule has 0 radical (unpaired) electrons. The molecule has 19 heavy (non-hydrogen) atoms. The van der Waals surface area contributed by atoms with Crippen molar-refractivity contribution >= 4 is 40.3 Å². The van der Waals surface area contributed by atoms with Gasteiger partial charge in [0, 0.05) is 6.04 Å². The van der Waals surface area contributed by atoms with E-state index in [0.29, 0.717) is 26.8 Å². The second-order valence-electron chi connectivity index (χ2n) is 4.74. The lowest BCUT2D eigenvalue weighted by Gasteiger charge is -2.27. The number of halogens is 2. The fourth-order valence-electron chi connectivity index (χ4n) is 1.87. The highest BCUT2D eigenvalue weighted by molar-refractivity contribution is 7.20. The molecule has 0 aliphatic heterocycles. The highest BCUT2D eigenvalue weighted by Crippen LogP contribution is 2.31. The maximum atomic E-state index is 12.3. The summed E-state index contributed by atoms with van der Waals surface area (Å²) in [5.74, 6) is 0.0598.